The Morgan fingerprint density at radius 2 is 2.20 bits per heavy atom. The van der Waals surface area contributed by atoms with Gasteiger partial charge in [-0.1, -0.05) is 6.92 Å². The number of nitro groups is 1. The fourth-order valence-corrected chi connectivity index (χ4v) is 2.77. The molecule has 20 heavy (non-hydrogen) atoms. The van der Waals surface area contributed by atoms with Crippen LogP contribution in [0.4, 0.5) is 17.3 Å². The van der Waals surface area contributed by atoms with Crippen molar-refractivity contribution in [3.05, 3.63) is 16.4 Å². The Morgan fingerprint density at radius 1 is 1.45 bits per heavy atom. The maximum absolute atomic E-state index is 11.5. The second kappa shape index (κ2) is 6.02. The van der Waals surface area contributed by atoms with E-state index in [0.717, 1.165) is 25.8 Å². The van der Waals surface area contributed by atoms with E-state index in [1.807, 2.05) is 0 Å². The maximum atomic E-state index is 11.5. The Hall–Kier alpha value is -1.92. The number of nitrogens with zero attached hydrogens (tertiary/aromatic N) is 5. The van der Waals surface area contributed by atoms with Gasteiger partial charge in [0.05, 0.1) is 4.92 Å². The monoisotopic (exact) mass is 279 g/mol. The van der Waals surface area contributed by atoms with Gasteiger partial charge in [-0.15, -0.1) is 0 Å². The van der Waals surface area contributed by atoms with Gasteiger partial charge in [0, 0.05) is 26.7 Å². The molecule has 0 radical (unpaired) electrons. The van der Waals surface area contributed by atoms with Gasteiger partial charge in [0.1, 0.15) is 6.33 Å². The number of aromatic nitrogens is 2. The van der Waals surface area contributed by atoms with Gasteiger partial charge in [0.15, 0.2) is 0 Å². The predicted molar refractivity (Wildman–Crippen MR) is 78.3 cm³/mol. The zero-order valence-electron chi connectivity index (χ0n) is 12.2. The number of anilines is 2. The molecule has 1 unspecified atom stereocenters. The molecule has 1 aliphatic heterocycles. The van der Waals surface area contributed by atoms with Crippen LogP contribution >= 0.6 is 0 Å². The van der Waals surface area contributed by atoms with E-state index in [4.69, 9.17) is 0 Å². The lowest BCUT2D eigenvalue weighted by Crippen LogP contribution is -2.40. The normalized spacial score (nSPS) is 18.9. The third-order valence-corrected chi connectivity index (χ3v) is 3.76. The summed E-state index contributed by atoms with van der Waals surface area (Å²) >= 11 is 0. The molecule has 0 aromatic carbocycles. The average molecular weight is 279 g/mol. The highest BCUT2D eigenvalue weighted by Gasteiger charge is 2.32. The summed E-state index contributed by atoms with van der Waals surface area (Å²) in [6, 6.07) is 0.326. The SMILES string of the molecule is CCC1CCCCN1c1ncnc(N(C)C)c1[N+](=O)[O-]. The molecule has 0 aliphatic carbocycles. The summed E-state index contributed by atoms with van der Waals surface area (Å²) < 4.78 is 0. The van der Waals surface area contributed by atoms with E-state index in [2.05, 4.69) is 21.8 Å². The zero-order chi connectivity index (χ0) is 14.7. The number of hydrogen-bond acceptors (Lipinski definition) is 6. The predicted octanol–water partition coefficient (Wildman–Crippen LogP) is 2.22. The molecule has 1 aliphatic rings. The van der Waals surface area contributed by atoms with Crippen molar-refractivity contribution in [1.29, 1.82) is 0 Å². The van der Waals surface area contributed by atoms with Crippen molar-refractivity contribution in [2.75, 3.05) is 30.4 Å². The van der Waals surface area contributed by atoms with Gasteiger partial charge < -0.3 is 9.80 Å². The lowest BCUT2D eigenvalue weighted by molar-refractivity contribution is -0.383. The largest absolute Gasteiger partial charge is 0.357 e. The molecular formula is C13H21N5O2. The molecule has 7 heteroatoms. The highest BCUT2D eigenvalue weighted by Crippen LogP contribution is 2.36. The lowest BCUT2D eigenvalue weighted by atomic mass is 10.00. The van der Waals surface area contributed by atoms with Crippen LogP contribution in [0.1, 0.15) is 32.6 Å². The quantitative estimate of drug-likeness (QED) is 0.621. The van der Waals surface area contributed by atoms with E-state index in [1.165, 1.54) is 12.7 Å². The molecule has 110 valence electrons. The van der Waals surface area contributed by atoms with Crippen molar-refractivity contribution in [3.8, 4) is 0 Å². The van der Waals surface area contributed by atoms with Crippen LogP contribution in [-0.4, -0.2) is 41.6 Å². The first kappa shape index (κ1) is 14.5. The molecule has 1 aromatic heterocycles. The second-order valence-corrected chi connectivity index (χ2v) is 5.27. The standard InChI is InChI=1S/C13H21N5O2/c1-4-10-7-5-6-8-17(10)13-11(18(19)20)12(16(2)3)14-9-15-13/h9-10H,4-8H2,1-3H3. The minimum absolute atomic E-state index is 0.0119. The van der Waals surface area contributed by atoms with Crippen LogP contribution in [0.15, 0.2) is 6.33 Å². The fraction of sp³-hybridized carbons (Fsp3) is 0.692. The van der Waals surface area contributed by atoms with Crippen molar-refractivity contribution >= 4 is 17.3 Å². The first-order chi connectivity index (χ1) is 9.56. The van der Waals surface area contributed by atoms with Crippen molar-refractivity contribution in [2.45, 2.75) is 38.6 Å². The van der Waals surface area contributed by atoms with Gasteiger partial charge in [0.25, 0.3) is 0 Å². The molecule has 1 aromatic rings. The summed E-state index contributed by atoms with van der Waals surface area (Å²) in [4.78, 5) is 23.1. The molecule has 0 bridgehead atoms. The van der Waals surface area contributed by atoms with Crippen molar-refractivity contribution < 1.29 is 4.92 Å². The molecule has 7 nitrogen and oxygen atoms in total. The molecule has 1 saturated heterocycles. The van der Waals surface area contributed by atoms with Crippen molar-refractivity contribution in [3.63, 3.8) is 0 Å². The van der Waals surface area contributed by atoms with Crippen molar-refractivity contribution in [1.82, 2.24) is 9.97 Å². The van der Waals surface area contributed by atoms with Crippen LogP contribution in [0.5, 0.6) is 0 Å². The minimum atomic E-state index is -0.369. The maximum Gasteiger partial charge on any atom is 0.353 e. The highest BCUT2D eigenvalue weighted by atomic mass is 16.6. The van der Waals surface area contributed by atoms with E-state index >= 15 is 0 Å². The molecule has 1 fully saturated rings. The first-order valence-corrected chi connectivity index (χ1v) is 6.99. The van der Waals surface area contributed by atoms with E-state index in [0.29, 0.717) is 17.7 Å². The van der Waals surface area contributed by atoms with E-state index in [-0.39, 0.29) is 10.6 Å². The van der Waals surface area contributed by atoms with E-state index in [1.54, 1.807) is 19.0 Å². The Kier molecular flexibility index (Phi) is 4.36. The molecule has 0 N–H and O–H groups in total. The van der Waals surface area contributed by atoms with Gasteiger partial charge in [-0.2, -0.15) is 0 Å². The Bertz CT molecular complexity index is 492. The van der Waals surface area contributed by atoms with Crippen LogP contribution in [0.25, 0.3) is 0 Å². The number of rotatable bonds is 4. The van der Waals surface area contributed by atoms with Gasteiger partial charge in [0.2, 0.25) is 11.6 Å². The van der Waals surface area contributed by atoms with E-state index in [9.17, 15) is 10.1 Å². The van der Waals surface area contributed by atoms with Crippen LogP contribution in [-0.2, 0) is 0 Å². The minimum Gasteiger partial charge on any atom is -0.357 e. The summed E-state index contributed by atoms with van der Waals surface area (Å²) in [5.41, 5.74) is 0.0119. The molecule has 0 saturated carbocycles. The molecular weight excluding hydrogens is 258 g/mol. The molecule has 2 heterocycles. The van der Waals surface area contributed by atoms with E-state index < -0.39 is 0 Å². The van der Waals surface area contributed by atoms with Crippen LogP contribution < -0.4 is 9.80 Å². The summed E-state index contributed by atoms with van der Waals surface area (Å²) in [5.74, 6) is 0.820. The van der Waals surface area contributed by atoms with Crippen LogP contribution in [0.2, 0.25) is 0 Å². The summed E-state index contributed by atoms with van der Waals surface area (Å²) in [7, 11) is 3.51. The molecule has 2 rings (SSSR count). The third-order valence-electron chi connectivity index (χ3n) is 3.76. The first-order valence-electron chi connectivity index (χ1n) is 6.99. The fourth-order valence-electron chi connectivity index (χ4n) is 2.77. The summed E-state index contributed by atoms with van der Waals surface area (Å²) in [6.45, 7) is 2.94. The third kappa shape index (κ3) is 2.66. The summed E-state index contributed by atoms with van der Waals surface area (Å²) in [6.07, 6.45) is 5.68. The molecule has 0 spiro atoms. The number of piperidine rings is 1. The van der Waals surface area contributed by atoms with Crippen LogP contribution in [0.3, 0.4) is 0 Å². The van der Waals surface area contributed by atoms with Gasteiger partial charge >= 0.3 is 5.69 Å². The smallest absolute Gasteiger partial charge is 0.353 e. The van der Waals surface area contributed by atoms with Crippen LogP contribution in [0, 0.1) is 10.1 Å². The van der Waals surface area contributed by atoms with Gasteiger partial charge in [-0.3, -0.25) is 10.1 Å². The summed E-state index contributed by atoms with van der Waals surface area (Å²) in [5, 5.41) is 11.5. The molecule has 1 atom stereocenters. The zero-order valence-corrected chi connectivity index (χ0v) is 12.2. The van der Waals surface area contributed by atoms with Gasteiger partial charge in [-0.05, 0) is 25.7 Å². The van der Waals surface area contributed by atoms with Crippen molar-refractivity contribution in [2.24, 2.45) is 0 Å². The Morgan fingerprint density at radius 3 is 2.80 bits per heavy atom. The highest BCUT2D eigenvalue weighted by molar-refractivity contribution is 5.71. The average Bonchev–Trinajstić information content (AvgIpc) is 2.46. The lowest BCUT2D eigenvalue weighted by Gasteiger charge is -2.35. The Balaban J connectivity index is 2.49. The molecule has 0 amide bonds. The topological polar surface area (TPSA) is 75.4 Å². The second-order valence-electron chi connectivity index (χ2n) is 5.27. The Labute approximate surface area is 118 Å². The number of hydrogen-bond donors (Lipinski definition) is 0. The van der Waals surface area contributed by atoms with Gasteiger partial charge in [-0.25, -0.2) is 9.97 Å².